The molecule has 8 nitrogen and oxygen atoms in total. The first-order chi connectivity index (χ1) is 15.8. The summed E-state index contributed by atoms with van der Waals surface area (Å²) in [5.41, 5.74) is 3.28. The monoisotopic (exact) mass is 444 g/mol. The van der Waals surface area contributed by atoms with Crippen molar-refractivity contribution in [1.29, 1.82) is 5.26 Å². The summed E-state index contributed by atoms with van der Waals surface area (Å²) in [4.78, 5) is 21.6. The van der Waals surface area contributed by atoms with Crippen LogP contribution in [0.1, 0.15) is 42.3 Å². The molecule has 1 aliphatic heterocycles. The number of nitriles is 1. The van der Waals surface area contributed by atoms with E-state index in [9.17, 15) is 9.90 Å². The second-order valence-electron chi connectivity index (χ2n) is 8.77. The molecular weight excluding hydrogens is 416 g/mol. The average molecular weight is 445 g/mol. The van der Waals surface area contributed by atoms with E-state index in [2.05, 4.69) is 41.8 Å². The molecule has 1 N–H and O–H groups in total. The van der Waals surface area contributed by atoms with Crippen LogP contribution in [0.4, 0.5) is 0 Å². The summed E-state index contributed by atoms with van der Waals surface area (Å²) in [6.07, 6.45) is 3.10. The number of aromatic hydroxyl groups is 1. The van der Waals surface area contributed by atoms with Gasteiger partial charge in [0.15, 0.2) is 5.82 Å². The van der Waals surface area contributed by atoms with E-state index in [0.29, 0.717) is 47.7 Å². The van der Waals surface area contributed by atoms with Crippen LogP contribution >= 0.6 is 0 Å². The van der Waals surface area contributed by atoms with E-state index < -0.39 is 0 Å². The Balaban J connectivity index is 1.53. The number of benzene rings is 1. The maximum Gasteiger partial charge on any atom is 0.255 e. The summed E-state index contributed by atoms with van der Waals surface area (Å²) in [7, 11) is 0. The summed E-state index contributed by atoms with van der Waals surface area (Å²) < 4.78 is 1.34. The third-order valence-corrected chi connectivity index (χ3v) is 6.23. The molecule has 170 valence electrons. The highest BCUT2D eigenvalue weighted by Gasteiger charge is 2.28. The normalized spacial score (nSPS) is 16.7. The fourth-order valence-electron chi connectivity index (χ4n) is 4.48. The van der Waals surface area contributed by atoms with E-state index in [1.807, 2.05) is 11.8 Å². The van der Waals surface area contributed by atoms with Gasteiger partial charge in [0.05, 0.1) is 29.0 Å². The number of hydrogen-bond donors (Lipinski definition) is 1. The number of nitrogens with zero attached hydrogens (tertiary/aromatic N) is 6. The van der Waals surface area contributed by atoms with Crippen LogP contribution in [0.15, 0.2) is 42.7 Å². The zero-order valence-corrected chi connectivity index (χ0v) is 19.4. The third-order valence-electron chi connectivity index (χ3n) is 6.23. The van der Waals surface area contributed by atoms with Gasteiger partial charge >= 0.3 is 0 Å². The first-order valence-electron chi connectivity index (χ1n) is 11.1. The Morgan fingerprint density at radius 2 is 1.97 bits per heavy atom. The summed E-state index contributed by atoms with van der Waals surface area (Å²) in [6.45, 7) is 10.6. The molecule has 1 saturated heterocycles. The minimum Gasteiger partial charge on any atom is -0.493 e. The number of piperazine rings is 1. The molecular formula is C25H28N6O2. The van der Waals surface area contributed by atoms with Crippen molar-refractivity contribution in [3.63, 3.8) is 0 Å². The van der Waals surface area contributed by atoms with Crippen molar-refractivity contribution in [3.8, 4) is 28.9 Å². The van der Waals surface area contributed by atoms with E-state index in [0.717, 1.165) is 17.7 Å². The number of amides is 1. The maximum atomic E-state index is 13.0. The molecule has 1 aliphatic rings. The highest BCUT2D eigenvalue weighted by molar-refractivity contribution is 5.94. The van der Waals surface area contributed by atoms with Gasteiger partial charge in [-0.2, -0.15) is 15.0 Å². The Morgan fingerprint density at radius 1 is 1.18 bits per heavy atom. The number of aromatic nitrogens is 3. The zero-order valence-electron chi connectivity index (χ0n) is 19.4. The van der Waals surface area contributed by atoms with Crippen LogP contribution < -0.4 is 0 Å². The van der Waals surface area contributed by atoms with Crippen LogP contribution in [0.5, 0.6) is 5.88 Å². The molecule has 3 heterocycles. The van der Waals surface area contributed by atoms with Crippen LogP contribution in [-0.2, 0) is 0 Å². The molecule has 8 heteroatoms. The van der Waals surface area contributed by atoms with Gasteiger partial charge in [0.25, 0.3) is 5.91 Å². The van der Waals surface area contributed by atoms with E-state index in [1.54, 1.807) is 36.5 Å². The van der Waals surface area contributed by atoms with Gasteiger partial charge in [0.2, 0.25) is 5.88 Å². The quantitative estimate of drug-likeness (QED) is 0.663. The van der Waals surface area contributed by atoms with Crippen molar-refractivity contribution >= 4 is 5.91 Å². The molecule has 0 saturated carbocycles. The number of carbonyl (C=O) groups excluding carboxylic acids is 1. The molecule has 33 heavy (non-hydrogen) atoms. The van der Waals surface area contributed by atoms with E-state index in [1.165, 1.54) is 10.9 Å². The van der Waals surface area contributed by atoms with Gasteiger partial charge in [-0.1, -0.05) is 6.07 Å². The summed E-state index contributed by atoms with van der Waals surface area (Å²) in [5, 5.41) is 24.1. The Bertz CT molecular complexity index is 1210. The first kappa shape index (κ1) is 22.5. The molecule has 1 fully saturated rings. The number of rotatable bonds is 4. The van der Waals surface area contributed by atoms with Gasteiger partial charge < -0.3 is 10.0 Å². The lowest BCUT2D eigenvalue weighted by Crippen LogP contribution is -2.55. The first-order valence-corrected chi connectivity index (χ1v) is 11.1. The van der Waals surface area contributed by atoms with Crippen molar-refractivity contribution in [3.05, 3.63) is 59.4 Å². The van der Waals surface area contributed by atoms with Crippen molar-refractivity contribution in [1.82, 2.24) is 24.6 Å². The molecule has 0 aliphatic carbocycles. The Labute approximate surface area is 193 Å². The number of carbonyl (C=O) groups is 1. The van der Waals surface area contributed by atoms with Crippen LogP contribution in [0.2, 0.25) is 0 Å². The fraction of sp³-hybridized carbons (Fsp3) is 0.360. The lowest BCUT2D eigenvalue weighted by molar-refractivity contribution is 0.0426. The predicted molar refractivity (Wildman–Crippen MR) is 125 cm³/mol. The summed E-state index contributed by atoms with van der Waals surface area (Å²) in [5.74, 6) is 0.329. The van der Waals surface area contributed by atoms with Gasteiger partial charge in [0, 0.05) is 37.9 Å². The second-order valence-corrected chi connectivity index (χ2v) is 8.77. The standard InChI is InChI=1S/C25H28N6O2/c1-16(2)30-10-9-29(15-18(30)4)24(32)20-6-8-23(27-13-20)31-25(33)22(14-28-31)21-7-5-19(12-26)11-17(21)3/h5-8,11,13-14,16,18,33H,9-10,15H2,1-4H3/t18-/m0/s1. The van der Waals surface area contributed by atoms with Crippen molar-refractivity contribution in [2.24, 2.45) is 0 Å². The Hall–Kier alpha value is -3.70. The molecule has 1 amide bonds. The van der Waals surface area contributed by atoms with E-state index >= 15 is 0 Å². The average Bonchev–Trinajstić information content (AvgIpc) is 3.19. The van der Waals surface area contributed by atoms with E-state index in [-0.39, 0.29) is 11.8 Å². The van der Waals surface area contributed by atoms with Gasteiger partial charge in [-0.25, -0.2) is 4.98 Å². The van der Waals surface area contributed by atoms with Crippen LogP contribution in [-0.4, -0.2) is 67.3 Å². The molecule has 2 aromatic heterocycles. The minimum absolute atomic E-state index is 0.0390. The topological polar surface area (TPSA) is 98.3 Å². The maximum absolute atomic E-state index is 13.0. The predicted octanol–water partition coefficient (Wildman–Crippen LogP) is 3.37. The van der Waals surface area contributed by atoms with Gasteiger partial charge in [-0.15, -0.1) is 0 Å². The van der Waals surface area contributed by atoms with Crippen molar-refractivity contribution in [2.45, 2.75) is 39.8 Å². The highest BCUT2D eigenvalue weighted by atomic mass is 16.3. The second kappa shape index (κ2) is 9.04. The summed E-state index contributed by atoms with van der Waals surface area (Å²) in [6, 6.07) is 11.6. The van der Waals surface area contributed by atoms with Crippen LogP contribution in [0, 0.1) is 18.3 Å². The Kier molecular flexibility index (Phi) is 6.16. The smallest absolute Gasteiger partial charge is 0.255 e. The van der Waals surface area contributed by atoms with Crippen molar-refractivity contribution in [2.75, 3.05) is 19.6 Å². The molecule has 0 unspecified atom stereocenters. The lowest BCUT2D eigenvalue weighted by Gasteiger charge is -2.42. The molecule has 1 atom stereocenters. The summed E-state index contributed by atoms with van der Waals surface area (Å²) >= 11 is 0. The molecule has 4 rings (SSSR count). The van der Waals surface area contributed by atoms with Crippen LogP contribution in [0.3, 0.4) is 0 Å². The minimum atomic E-state index is -0.0481. The van der Waals surface area contributed by atoms with Gasteiger partial charge in [-0.3, -0.25) is 9.69 Å². The Morgan fingerprint density at radius 3 is 2.58 bits per heavy atom. The molecule has 0 bridgehead atoms. The SMILES string of the molecule is Cc1cc(C#N)ccc1-c1cnn(-c2ccc(C(=O)N3CCN(C(C)C)[C@@H](C)C3)cn2)c1O. The largest absolute Gasteiger partial charge is 0.493 e. The fourth-order valence-corrected chi connectivity index (χ4v) is 4.48. The number of aryl methyl sites for hydroxylation is 1. The van der Waals surface area contributed by atoms with Crippen LogP contribution in [0.25, 0.3) is 16.9 Å². The molecule has 3 aromatic rings. The van der Waals surface area contributed by atoms with Crippen molar-refractivity contribution < 1.29 is 9.90 Å². The van der Waals surface area contributed by atoms with E-state index in [4.69, 9.17) is 5.26 Å². The molecule has 1 aromatic carbocycles. The highest BCUT2D eigenvalue weighted by Crippen LogP contribution is 2.33. The zero-order chi connectivity index (χ0) is 23.7. The molecule has 0 spiro atoms. The van der Waals surface area contributed by atoms with Gasteiger partial charge in [0.1, 0.15) is 0 Å². The molecule has 0 radical (unpaired) electrons. The van der Waals surface area contributed by atoms with Gasteiger partial charge in [-0.05, 0) is 63.1 Å². The third kappa shape index (κ3) is 4.32. The number of pyridine rings is 1. The number of hydrogen-bond acceptors (Lipinski definition) is 6. The lowest BCUT2D eigenvalue weighted by atomic mass is 10.0.